The van der Waals surface area contributed by atoms with E-state index in [9.17, 15) is 0 Å². The second-order valence-corrected chi connectivity index (χ2v) is 6.88. The van der Waals surface area contributed by atoms with Crippen molar-refractivity contribution in [3.8, 4) is 0 Å². The van der Waals surface area contributed by atoms with Crippen molar-refractivity contribution in [3.05, 3.63) is 0 Å². The first-order valence-electron chi connectivity index (χ1n) is 7.71. The zero-order valence-corrected chi connectivity index (χ0v) is 11.4. The van der Waals surface area contributed by atoms with Gasteiger partial charge in [-0.1, -0.05) is 58.8 Å². The first-order valence-corrected chi connectivity index (χ1v) is 7.71. The van der Waals surface area contributed by atoms with Gasteiger partial charge in [0.15, 0.2) is 0 Å². The van der Waals surface area contributed by atoms with Crippen LogP contribution < -0.4 is 0 Å². The summed E-state index contributed by atoms with van der Waals surface area (Å²) in [6.07, 6.45) is 16.6. The van der Waals surface area contributed by atoms with Gasteiger partial charge in [0.1, 0.15) is 0 Å². The Morgan fingerprint density at radius 1 is 0.750 bits per heavy atom. The summed E-state index contributed by atoms with van der Waals surface area (Å²) in [5, 5.41) is 0. The third-order valence-electron chi connectivity index (χ3n) is 5.49. The predicted octanol–water partition coefficient (Wildman–Crippen LogP) is 5.56. The molecule has 0 bridgehead atoms. The molecule has 0 N–H and O–H groups in total. The Morgan fingerprint density at radius 2 is 1.44 bits per heavy atom. The van der Waals surface area contributed by atoms with Crippen molar-refractivity contribution in [2.45, 2.75) is 84.5 Å². The lowest BCUT2D eigenvalue weighted by Crippen LogP contribution is -2.26. The van der Waals surface area contributed by atoms with Gasteiger partial charge < -0.3 is 0 Å². The molecule has 2 fully saturated rings. The number of rotatable bonds is 1. The lowest BCUT2D eigenvalue weighted by molar-refractivity contribution is 0.137. The van der Waals surface area contributed by atoms with E-state index in [1.54, 1.807) is 0 Å². The molecule has 2 rings (SSSR count). The van der Waals surface area contributed by atoms with E-state index >= 15 is 0 Å². The zero-order chi connectivity index (χ0) is 11.4. The quantitative estimate of drug-likeness (QED) is 0.509. The summed E-state index contributed by atoms with van der Waals surface area (Å²) in [5.41, 5.74) is 0.703. The summed E-state index contributed by atoms with van der Waals surface area (Å²) in [6.45, 7) is 5.07. The van der Waals surface area contributed by atoms with Crippen LogP contribution in [-0.2, 0) is 0 Å². The Kier molecular flexibility index (Phi) is 4.33. The van der Waals surface area contributed by atoms with E-state index in [0.29, 0.717) is 5.41 Å². The summed E-state index contributed by atoms with van der Waals surface area (Å²) in [4.78, 5) is 0. The van der Waals surface area contributed by atoms with Crippen LogP contribution in [0, 0.1) is 17.3 Å². The van der Waals surface area contributed by atoms with Gasteiger partial charge in [-0.15, -0.1) is 0 Å². The summed E-state index contributed by atoms with van der Waals surface area (Å²) in [6, 6.07) is 0. The summed E-state index contributed by atoms with van der Waals surface area (Å²) < 4.78 is 0. The van der Waals surface area contributed by atoms with Gasteiger partial charge in [-0.25, -0.2) is 0 Å². The Bertz CT molecular complexity index is 200. The Morgan fingerprint density at radius 3 is 2.12 bits per heavy atom. The molecule has 0 saturated heterocycles. The minimum atomic E-state index is 0.703. The first kappa shape index (κ1) is 12.5. The van der Waals surface area contributed by atoms with Gasteiger partial charge in [0, 0.05) is 0 Å². The molecule has 2 saturated carbocycles. The summed E-state index contributed by atoms with van der Waals surface area (Å²) >= 11 is 0. The van der Waals surface area contributed by atoms with Gasteiger partial charge in [0.25, 0.3) is 0 Å². The van der Waals surface area contributed by atoms with Crippen molar-refractivity contribution in [2.24, 2.45) is 17.3 Å². The minimum Gasteiger partial charge on any atom is -0.0625 e. The molecule has 2 aliphatic carbocycles. The van der Waals surface area contributed by atoms with E-state index in [0.717, 1.165) is 11.8 Å². The van der Waals surface area contributed by atoms with Gasteiger partial charge in [-0.2, -0.15) is 0 Å². The average Bonchev–Trinajstić information content (AvgIpc) is 2.62. The topological polar surface area (TPSA) is 0 Å². The second-order valence-electron chi connectivity index (χ2n) is 6.88. The lowest BCUT2D eigenvalue weighted by atomic mass is 9.68. The first-order chi connectivity index (χ1) is 7.71. The molecule has 16 heavy (non-hydrogen) atoms. The van der Waals surface area contributed by atoms with E-state index < -0.39 is 0 Å². The molecule has 0 heterocycles. The molecular formula is C16H30. The van der Waals surface area contributed by atoms with E-state index in [1.165, 1.54) is 70.6 Å². The van der Waals surface area contributed by atoms with Crippen LogP contribution in [0.3, 0.4) is 0 Å². The maximum Gasteiger partial charge on any atom is -0.0297 e. The molecule has 0 heteroatoms. The Labute approximate surface area is 102 Å². The monoisotopic (exact) mass is 222 g/mol. The molecule has 0 radical (unpaired) electrons. The second kappa shape index (κ2) is 5.56. The van der Waals surface area contributed by atoms with Crippen molar-refractivity contribution in [2.75, 3.05) is 0 Å². The maximum absolute atomic E-state index is 2.61. The SMILES string of the molecule is CC1CCCC(C)(C2CCCCCC2)CC1. The van der Waals surface area contributed by atoms with Crippen LogP contribution in [0.4, 0.5) is 0 Å². The highest BCUT2D eigenvalue weighted by atomic mass is 14.4. The largest absolute Gasteiger partial charge is 0.0625 e. The maximum atomic E-state index is 2.61. The molecule has 0 aromatic carbocycles. The normalized spacial score (nSPS) is 39.0. The molecule has 0 aliphatic heterocycles. The van der Waals surface area contributed by atoms with Crippen molar-refractivity contribution in [1.82, 2.24) is 0 Å². The van der Waals surface area contributed by atoms with Gasteiger partial charge in [-0.3, -0.25) is 0 Å². The third-order valence-corrected chi connectivity index (χ3v) is 5.49. The van der Waals surface area contributed by atoms with Crippen LogP contribution in [0.5, 0.6) is 0 Å². The highest BCUT2D eigenvalue weighted by Crippen LogP contribution is 2.47. The van der Waals surface area contributed by atoms with Gasteiger partial charge in [0.2, 0.25) is 0 Å². The van der Waals surface area contributed by atoms with Crippen molar-refractivity contribution in [1.29, 1.82) is 0 Å². The molecule has 2 unspecified atom stereocenters. The fourth-order valence-corrected chi connectivity index (χ4v) is 4.08. The van der Waals surface area contributed by atoms with E-state index in [-0.39, 0.29) is 0 Å². The van der Waals surface area contributed by atoms with Crippen LogP contribution in [0.1, 0.15) is 84.5 Å². The van der Waals surface area contributed by atoms with Crippen LogP contribution in [-0.4, -0.2) is 0 Å². The summed E-state index contributed by atoms with van der Waals surface area (Å²) in [5.74, 6) is 2.05. The highest BCUT2D eigenvalue weighted by Gasteiger charge is 2.35. The Hall–Kier alpha value is 0. The van der Waals surface area contributed by atoms with E-state index in [2.05, 4.69) is 13.8 Å². The smallest absolute Gasteiger partial charge is 0.0297 e. The summed E-state index contributed by atoms with van der Waals surface area (Å²) in [7, 11) is 0. The number of hydrogen-bond donors (Lipinski definition) is 0. The number of hydrogen-bond acceptors (Lipinski definition) is 0. The molecule has 0 amide bonds. The average molecular weight is 222 g/mol. The highest BCUT2D eigenvalue weighted by molar-refractivity contribution is 4.86. The fraction of sp³-hybridized carbons (Fsp3) is 1.00. The van der Waals surface area contributed by atoms with E-state index in [1.807, 2.05) is 0 Å². The fourth-order valence-electron chi connectivity index (χ4n) is 4.08. The van der Waals surface area contributed by atoms with Crippen molar-refractivity contribution < 1.29 is 0 Å². The minimum absolute atomic E-state index is 0.703. The zero-order valence-electron chi connectivity index (χ0n) is 11.4. The van der Waals surface area contributed by atoms with Crippen LogP contribution >= 0.6 is 0 Å². The standard InChI is InChI=1S/C16H30/c1-14-8-7-12-16(2,13-11-14)15-9-5-3-4-6-10-15/h14-15H,3-13H2,1-2H3. The van der Waals surface area contributed by atoms with E-state index in [4.69, 9.17) is 0 Å². The van der Waals surface area contributed by atoms with Crippen LogP contribution in [0.25, 0.3) is 0 Å². The Balaban J connectivity index is 1.98. The van der Waals surface area contributed by atoms with Crippen LogP contribution in [0.15, 0.2) is 0 Å². The molecule has 0 aromatic rings. The lowest BCUT2D eigenvalue weighted by Gasteiger charge is -2.37. The van der Waals surface area contributed by atoms with Gasteiger partial charge in [-0.05, 0) is 42.9 Å². The predicted molar refractivity (Wildman–Crippen MR) is 71.5 cm³/mol. The van der Waals surface area contributed by atoms with Crippen molar-refractivity contribution in [3.63, 3.8) is 0 Å². The third kappa shape index (κ3) is 3.02. The van der Waals surface area contributed by atoms with Gasteiger partial charge >= 0.3 is 0 Å². The molecule has 0 spiro atoms. The van der Waals surface area contributed by atoms with Crippen molar-refractivity contribution >= 4 is 0 Å². The molecule has 94 valence electrons. The molecular weight excluding hydrogens is 192 g/mol. The van der Waals surface area contributed by atoms with Crippen LogP contribution in [0.2, 0.25) is 0 Å². The van der Waals surface area contributed by atoms with Gasteiger partial charge in [0.05, 0.1) is 0 Å². The molecule has 0 aromatic heterocycles. The molecule has 2 atom stereocenters. The molecule has 2 aliphatic rings. The molecule has 0 nitrogen and oxygen atoms in total.